The predicted molar refractivity (Wildman–Crippen MR) is 99.3 cm³/mol. The van der Waals surface area contributed by atoms with E-state index in [1.165, 1.54) is 26.7 Å². The molecule has 1 aromatic heterocycles. The van der Waals surface area contributed by atoms with Gasteiger partial charge in [-0.3, -0.25) is 4.99 Å². The lowest BCUT2D eigenvalue weighted by Gasteiger charge is -2.11. The minimum absolute atomic E-state index is 0.775. The van der Waals surface area contributed by atoms with Crippen molar-refractivity contribution in [2.45, 2.75) is 40.2 Å². The van der Waals surface area contributed by atoms with Crippen molar-refractivity contribution >= 4 is 17.3 Å². The fourth-order valence-electron chi connectivity index (χ4n) is 2.44. The standard InChI is InChI=1S/C18H26N4S/c1-5-16-14(3)23-17(22-16)9-10-20-18(19-4)21-12-15-8-6-7-13(2)11-15/h6-8,11H,5,9-10,12H2,1-4H3,(H2,19,20,21). The molecule has 0 radical (unpaired) electrons. The van der Waals surface area contributed by atoms with Gasteiger partial charge in [0.25, 0.3) is 0 Å². The third-order valence-electron chi connectivity index (χ3n) is 3.67. The number of benzene rings is 1. The second-order valence-corrected chi connectivity index (χ2v) is 6.84. The predicted octanol–water partition coefficient (Wildman–Crippen LogP) is 3.23. The highest BCUT2D eigenvalue weighted by atomic mass is 32.1. The molecular formula is C18H26N4S. The number of rotatable bonds is 6. The van der Waals surface area contributed by atoms with Gasteiger partial charge in [-0.15, -0.1) is 11.3 Å². The molecule has 23 heavy (non-hydrogen) atoms. The van der Waals surface area contributed by atoms with Gasteiger partial charge in [0.1, 0.15) is 0 Å². The average molecular weight is 331 g/mol. The Bertz CT molecular complexity index is 661. The Morgan fingerprint density at radius 1 is 1.26 bits per heavy atom. The van der Waals surface area contributed by atoms with Crippen LogP contribution in [0.1, 0.15) is 33.6 Å². The minimum atomic E-state index is 0.775. The Kier molecular flexibility index (Phi) is 6.59. The van der Waals surface area contributed by atoms with Crippen LogP contribution in [0.25, 0.3) is 0 Å². The molecule has 1 heterocycles. The van der Waals surface area contributed by atoms with Crippen LogP contribution in [-0.2, 0) is 19.4 Å². The number of aromatic nitrogens is 1. The third kappa shape index (κ3) is 5.36. The molecular weight excluding hydrogens is 304 g/mol. The van der Waals surface area contributed by atoms with Gasteiger partial charge in [-0.1, -0.05) is 36.8 Å². The summed E-state index contributed by atoms with van der Waals surface area (Å²) in [4.78, 5) is 10.3. The molecule has 1 aromatic carbocycles. The fraction of sp³-hybridized carbons (Fsp3) is 0.444. The van der Waals surface area contributed by atoms with Crippen LogP contribution in [0.4, 0.5) is 0 Å². The molecule has 2 rings (SSSR count). The summed E-state index contributed by atoms with van der Waals surface area (Å²) in [5.74, 6) is 0.829. The van der Waals surface area contributed by atoms with Gasteiger partial charge in [0, 0.05) is 31.4 Å². The van der Waals surface area contributed by atoms with Crippen LogP contribution >= 0.6 is 11.3 Å². The summed E-state index contributed by atoms with van der Waals surface area (Å²) in [6.45, 7) is 8.02. The first-order valence-electron chi connectivity index (χ1n) is 8.07. The highest BCUT2D eigenvalue weighted by Gasteiger charge is 2.06. The molecule has 124 valence electrons. The molecule has 0 bridgehead atoms. The fourth-order valence-corrected chi connectivity index (χ4v) is 3.46. The zero-order chi connectivity index (χ0) is 16.7. The molecule has 0 saturated carbocycles. The van der Waals surface area contributed by atoms with E-state index in [0.717, 1.165) is 31.9 Å². The SMILES string of the molecule is CCc1nc(CCNC(=NC)NCc2cccc(C)c2)sc1C. The van der Waals surface area contributed by atoms with Gasteiger partial charge in [-0.25, -0.2) is 4.98 Å². The molecule has 4 nitrogen and oxygen atoms in total. The second-order valence-electron chi connectivity index (χ2n) is 5.56. The molecule has 0 aliphatic rings. The summed E-state index contributed by atoms with van der Waals surface area (Å²) in [6.07, 6.45) is 1.94. The van der Waals surface area contributed by atoms with Gasteiger partial charge >= 0.3 is 0 Å². The highest BCUT2D eigenvalue weighted by Crippen LogP contribution is 2.17. The van der Waals surface area contributed by atoms with E-state index in [1.807, 2.05) is 0 Å². The third-order valence-corrected chi connectivity index (χ3v) is 4.74. The summed E-state index contributed by atoms with van der Waals surface area (Å²) in [5, 5.41) is 7.90. The van der Waals surface area contributed by atoms with Crippen molar-refractivity contribution in [3.63, 3.8) is 0 Å². The molecule has 0 amide bonds. The molecule has 0 aliphatic carbocycles. The van der Waals surface area contributed by atoms with Crippen LogP contribution < -0.4 is 10.6 Å². The zero-order valence-electron chi connectivity index (χ0n) is 14.4. The number of guanidine groups is 1. The van der Waals surface area contributed by atoms with Crippen LogP contribution in [-0.4, -0.2) is 24.5 Å². The Morgan fingerprint density at radius 3 is 2.74 bits per heavy atom. The molecule has 0 spiro atoms. The topological polar surface area (TPSA) is 49.3 Å². The number of hydrogen-bond acceptors (Lipinski definition) is 3. The number of hydrogen-bond donors (Lipinski definition) is 2. The maximum atomic E-state index is 4.67. The van der Waals surface area contributed by atoms with Gasteiger partial charge in [0.05, 0.1) is 10.7 Å². The van der Waals surface area contributed by atoms with Gasteiger partial charge < -0.3 is 10.6 Å². The van der Waals surface area contributed by atoms with E-state index in [1.54, 1.807) is 18.4 Å². The van der Waals surface area contributed by atoms with E-state index in [2.05, 4.69) is 65.6 Å². The van der Waals surface area contributed by atoms with Crippen LogP contribution in [0.2, 0.25) is 0 Å². The van der Waals surface area contributed by atoms with Crippen molar-refractivity contribution < 1.29 is 0 Å². The Labute approximate surface area is 143 Å². The maximum absolute atomic E-state index is 4.67. The van der Waals surface area contributed by atoms with Crippen LogP contribution in [0.5, 0.6) is 0 Å². The lowest BCUT2D eigenvalue weighted by Crippen LogP contribution is -2.37. The monoisotopic (exact) mass is 330 g/mol. The molecule has 5 heteroatoms. The quantitative estimate of drug-likeness (QED) is 0.631. The number of nitrogens with one attached hydrogen (secondary N) is 2. The van der Waals surface area contributed by atoms with Gasteiger partial charge in [-0.2, -0.15) is 0 Å². The van der Waals surface area contributed by atoms with Crippen molar-refractivity contribution in [3.8, 4) is 0 Å². The Hall–Kier alpha value is -1.88. The molecule has 0 fully saturated rings. The van der Waals surface area contributed by atoms with E-state index in [-0.39, 0.29) is 0 Å². The average Bonchev–Trinajstić information content (AvgIpc) is 2.90. The Morgan fingerprint density at radius 2 is 2.09 bits per heavy atom. The largest absolute Gasteiger partial charge is 0.356 e. The first kappa shape index (κ1) is 17.5. The van der Waals surface area contributed by atoms with Gasteiger partial charge in [0.2, 0.25) is 0 Å². The minimum Gasteiger partial charge on any atom is -0.356 e. The second kappa shape index (κ2) is 8.67. The molecule has 2 aromatic rings. The first-order chi connectivity index (χ1) is 11.1. The number of thiazole rings is 1. The maximum Gasteiger partial charge on any atom is 0.191 e. The van der Waals surface area contributed by atoms with Gasteiger partial charge in [0.15, 0.2) is 5.96 Å². The highest BCUT2D eigenvalue weighted by molar-refractivity contribution is 7.11. The molecule has 2 N–H and O–H groups in total. The smallest absolute Gasteiger partial charge is 0.191 e. The summed E-state index contributed by atoms with van der Waals surface area (Å²) >= 11 is 1.80. The normalized spacial score (nSPS) is 11.6. The van der Waals surface area contributed by atoms with E-state index in [0.29, 0.717) is 0 Å². The van der Waals surface area contributed by atoms with Crippen LogP contribution in [0, 0.1) is 13.8 Å². The Balaban J connectivity index is 1.78. The molecule has 0 unspecified atom stereocenters. The van der Waals surface area contributed by atoms with Crippen LogP contribution in [0.3, 0.4) is 0 Å². The molecule has 0 saturated heterocycles. The number of aliphatic imine (C=N–C) groups is 1. The lowest BCUT2D eigenvalue weighted by atomic mass is 10.1. The number of nitrogens with zero attached hydrogens (tertiary/aromatic N) is 2. The van der Waals surface area contributed by atoms with E-state index in [9.17, 15) is 0 Å². The van der Waals surface area contributed by atoms with Gasteiger partial charge in [-0.05, 0) is 25.8 Å². The number of aryl methyl sites for hydroxylation is 3. The van der Waals surface area contributed by atoms with E-state index < -0.39 is 0 Å². The summed E-state index contributed by atoms with van der Waals surface area (Å²) in [5.41, 5.74) is 3.76. The van der Waals surface area contributed by atoms with Crippen molar-refractivity contribution in [1.82, 2.24) is 15.6 Å². The van der Waals surface area contributed by atoms with Crippen molar-refractivity contribution in [1.29, 1.82) is 0 Å². The summed E-state index contributed by atoms with van der Waals surface area (Å²) in [6, 6.07) is 8.50. The van der Waals surface area contributed by atoms with Crippen molar-refractivity contribution in [3.05, 3.63) is 51.0 Å². The van der Waals surface area contributed by atoms with Crippen LogP contribution in [0.15, 0.2) is 29.3 Å². The zero-order valence-corrected chi connectivity index (χ0v) is 15.3. The molecule has 0 atom stereocenters. The lowest BCUT2D eigenvalue weighted by molar-refractivity contribution is 0.789. The summed E-state index contributed by atoms with van der Waals surface area (Å²) < 4.78 is 0. The van der Waals surface area contributed by atoms with Crippen molar-refractivity contribution in [2.24, 2.45) is 4.99 Å². The van der Waals surface area contributed by atoms with E-state index in [4.69, 9.17) is 0 Å². The van der Waals surface area contributed by atoms with Crippen molar-refractivity contribution in [2.75, 3.05) is 13.6 Å². The summed E-state index contributed by atoms with van der Waals surface area (Å²) in [7, 11) is 1.80. The van der Waals surface area contributed by atoms with E-state index >= 15 is 0 Å². The first-order valence-corrected chi connectivity index (χ1v) is 8.89. The molecule has 0 aliphatic heterocycles.